The average Bonchev–Trinajstić information content (AvgIpc) is 3.16. The van der Waals surface area contributed by atoms with Crippen molar-refractivity contribution in [1.29, 1.82) is 5.26 Å². The summed E-state index contributed by atoms with van der Waals surface area (Å²) in [5.41, 5.74) is 0.436. The van der Waals surface area contributed by atoms with E-state index in [1.54, 1.807) is 0 Å². The van der Waals surface area contributed by atoms with Crippen LogP contribution in [0.2, 0.25) is 0 Å². The van der Waals surface area contributed by atoms with Crippen LogP contribution in [0.1, 0.15) is 44.1 Å². The fourth-order valence-electron chi connectivity index (χ4n) is 4.04. The number of rotatable bonds is 6. The minimum absolute atomic E-state index is 0.00769. The Bertz CT molecular complexity index is 684. The van der Waals surface area contributed by atoms with Crippen LogP contribution in [0.4, 0.5) is 0 Å². The molecule has 0 radical (unpaired) electrons. The summed E-state index contributed by atoms with van der Waals surface area (Å²) in [4.78, 5) is 26.8. The van der Waals surface area contributed by atoms with Crippen molar-refractivity contribution in [3.63, 3.8) is 0 Å². The third-order valence-electron chi connectivity index (χ3n) is 5.68. The summed E-state index contributed by atoms with van der Waals surface area (Å²) < 4.78 is 0. The number of amides is 2. The molecule has 0 atom stereocenters. The van der Waals surface area contributed by atoms with Crippen LogP contribution in [-0.4, -0.2) is 41.9 Å². The molecule has 1 heterocycles. The molecular formula is C21H28N4O2. The Hall–Kier alpha value is -2.39. The second kappa shape index (κ2) is 9.01. The highest BCUT2D eigenvalue weighted by molar-refractivity contribution is 5.80. The van der Waals surface area contributed by atoms with Crippen molar-refractivity contribution < 1.29 is 9.59 Å². The number of nitrogens with one attached hydrogen (secondary N) is 2. The number of nitriles is 1. The molecular weight excluding hydrogens is 340 g/mol. The molecule has 6 heteroatoms. The fraction of sp³-hybridized carbons (Fsp3) is 0.571. The molecule has 6 nitrogen and oxygen atoms in total. The summed E-state index contributed by atoms with van der Waals surface area (Å²) in [6.07, 6.45) is 5.01. The van der Waals surface area contributed by atoms with Gasteiger partial charge in [0.2, 0.25) is 11.8 Å². The minimum Gasteiger partial charge on any atom is -0.352 e. The number of hydrogen-bond donors (Lipinski definition) is 2. The van der Waals surface area contributed by atoms with Gasteiger partial charge in [-0.3, -0.25) is 14.5 Å². The van der Waals surface area contributed by atoms with E-state index in [4.69, 9.17) is 0 Å². The maximum Gasteiger partial charge on any atom is 0.235 e. The Labute approximate surface area is 160 Å². The average molecular weight is 368 g/mol. The topological polar surface area (TPSA) is 85.2 Å². The molecule has 0 spiro atoms. The first kappa shape index (κ1) is 19.4. The van der Waals surface area contributed by atoms with E-state index in [2.05, 4.69) is 21.6 Å². The van der Waals surface area contributed by atoms with Crippen molar-refractivity contribution in [2.75, 3.05) is 19.6 Å². The first-order valence-electron chi connectivity index (χ1n) is 9.86. The molecule has 1 aliphatic heterocycles. The highest BCUT2D eigenvalue weighted by Gasteiger charge is 2.36. The number of likely N-dealkylation sites (tertiary alicyclic amines) is 1. The predicted octanol–water partition coefficient (Wildman–Crippen LogP) is 1.97. The molecule has 2 fully saturated rings. The van der Waals surface area contributed by atoms with Gasteiger partial charge < -0.3 is 10.6 Å². The Morgan fingerprint density at radius 3 is 2.44 bits per heavy atom. The number of hydrogen-bond acceptors (Lipinski definition) is 4. The number of nitrogens with zero attached hydrogens (tertiary/aromatic N) is 2. The van der Waals surface area contributed by atoms with Crippen molar-refractivity contribution in [3.8, 4) is 6.07 Å². The van der Waals surface area contributed by atoms with E-state index in [1.807, 2.05) is 30.3 Å². The van der Waals surface area contributed by atoms with E-state index < -0.39 is 5.54 Å². The van der Waals surface area contributed by atoms with Gasteiger partial charge in [0.15, 0.2) is 0 Å². The first-order chi connectivity index (χ1) is 13.1. The van der Waals surface area contributed by atoms with Crippen LogP contribution in [0.25, 0.3) is 0 Å². The SMILES string of the molecule is N#CC1(NC(=O)CN2CCC(C(=O)NCc3ccccc3)CC2)CCCC1. The van der Waals surface area contributed by atoms with E-state index >= 15 is 0 Å². The predicted molar refractivity (Wildman–Crippen MR) is 102 cm³/mol. The normalized spacial score (nSPS) is 20.0. The molecule has 1 saturated carbocycles. The van der Waals surface area contributed by atoms with Crippen LogP contribution in [0, 0.1) is 17.2 Å². The van der Waals surface area contributed by atoms with Gasteiger partial charge in [-0.2, -0.15) is 5.26 Å². The van der Waals surface area contributed by atoms with Gasteiger partial charge in [0, 0.05) is 12.5 Å². The zero-order valence-electron chi connectivity index (χ0n) is 15.7. The Morgan fingerprint density at radius 2 is 1.81 bits per heavy atom. The summed E-state index contributed by atoms with van der Waals surface area (Å²) in [6.45, 7) is 2.33. The maximum atomic E-state index is 12.4. The van der Waals surface area contributed by atoms with Gasteiger partial charge >= 0.3 is 0 Å². The molecule has 1 aromatic rings. The zero-order valence-corrected chi connectivity index (χ0v) is 15.7. The quantitative estimate of drug-likeness (QED) is 0.804. The third-order valence-corrected chi connectivity index (χ3v) is 5.68. The second-order valence-corrected chi connectivity index (χ2v) is 7.70. The van der Waals surface area contributed by atoms with Crippen LogP contribution >= 0.6 is 0 Å². The highest BCUT2D eigenvalue weighted by atomic mass is 16.2. The van der Waals surface area contributed by atoms with Gasteiger partial charge in [-0.15, -0.1) is 0 Å². The first-order valence-corrected chi connectivity index (χ1v) is 9.86. The molecule has 2 amide bonds. The smallest absolute Gasteiger partial charge is 0.235 e. The van der Waals surface area contributed by atoms with Crippen molar-refractivity contribution in [1.82, 2.24) is 15.5 Å². The lowest BCUT2D eigenvalue weighted by atomic mass is 9.95. The van der Waals surface area contributed by atoms with Gasteiger partial charge in [-0.25, -0.2) is 0 Å². The molecule has 0 aromatic heterocycles. The van der Waals surface area contributed by atoms with Crippen LogP contribution in [0.15, 0.2) is 30.3 Å². The summed E-state index contributed by atoms with van der Waals surface area (Å²) >= 11 is 0. The van der Waals surface area contributed by atoms with Gasteiger partial charge in [0.05, 0.1) is 12.6 Å². The van der Waals surface area contributed by atoms with Crippen LogP contribution < -0.4 is 10.6 Å². The summed E-state index contributed by atoms with van der Waals surface area (Å²) in [7, 11) is 0. The van der Waals surface area contributed by atoms with E-state index in [9.17, 15) is 14.9 Å². The van der Waals surface area contributed by atoms with Crippen molar-refractivity contribution in [2.45, 2.75) is 50.6 Å². The van der Waals surface area contributed by atoms with Gasteiger partial charge in [0.1, 0.15) is 5.54 Å². The Morgan fingerprint density at radius 1 is 1.15 bits per heavy atom. The summed E-state index contributed by atoms with van der Waals surface area (Å²) in [6, 6.07) is 12.2. The monoisotopic (exact) mass is 368 g/mol. The molecule has 2 N–H and O–H groups in total. The number of benzene rings is 1. The molecule has 3 rings (SSSR count). The highest BCUT2D eigenvalue weighted by Crippen LogP contribution is 2.28. The standard InChI is InChI=1S/C21H28N4O2/c22-16-21(10-4-5-11-21)24-19(26)15-25-12-8-18(9-13-25)20(27)23-14-17-6-2-1-3-7-17/h1-3,6-7,18H,4-5,8-15H2,(H,23,27)(H,24,26). The molecule has 144 valence electrons. The van der Waals surface area contributed by atoms with E-state index in [1.165, 1.54) is 0 Å². The van der Waals surface area contributed by atoms with Gasteiger partial charge in [-0.1, -0.05) is 30.3 Å². The second-order valence-electron chi connectivity index (χ2n) is 7.70. The van der Waals surface area contributed by atoms with Crippen LogP contribution in [-0.2, 0) is 16.1 Å². The van der Waals surface area contributed by atoms with E-state index in [0.717, 1.165) is 57.2 Å². The lowest BCUT2D eigenvalue weighted by molar-refractivity contribution is -0.127. The number of carbonyl (C=O) groups excluding carboxylic acids is 2. The lowest BCUT2D eigenvalue weighted by Gasteiger charge is -2.31. The summed E-state index contributed by atoms with van der Waals surface area (Å²) in [5, 5.41) is 15.3. The van der Waals surface area contributed by atoms with Crippen molar-refractivity contribution >= 4 is 11.8 Å². The van der Waals surface area contributed by atoms with Crippen LogP contribution in [0.3, 0.4) is 0 Å². The zero-order chi connectivity index (χ0) is 19.1. The van der Waals surface area contributed by atoms with Crippen molar-refractivity contribution in [2.24, 2.45) is 5.92 Å². The fourth-order valence-corrected chi connectivity index (χ4v) is 4.04. The minimum atomic E-state index is -0.660. The maximum absolute atomic E-state index is 12.4. The molecule has 27 heavy (non-hydrogen) atoms. The number of carbonyl (C=O) groups is 2. The molecule has 2 aliphatic rings. The number of piperidine rings is 1. The third kappa shape index (κ3) is 5.30. The van der Waals surface area contributed by atoms with Gasteiger partial charge in [-0.05, 0) is 57.2 Å². The molecule has 1 aromatic carbocycles. The molecule has 0 unspecified atom stereocenters. The Kier molecular flexibility index (Phi) is 6.46. The molecule has 1 saturated heterocycles. The molecule has 0 bridgehead atoms. The van der Waals surface area contributed by atoms with Crippen molar-refractivity contribution in [3.05, 3.63) is 35.9 Å². The van der Waals surface area contributed by atoms with Gasteiger partial charge in [0.25, 0.3) is 0 Å². The lowest BCUT2D eigenvalue weighted by Crippen LogP contribution is -2.50. The summed E-state index contributed by atoms with van der Waals surface area (Å²) in [5.74, 6) is 0.0241. The largest absolute Gasteiger partial charge is 0.352 e. The van der Waals surface area contributed by atoms with E-state index in [0.29, 0.717) is 13.1 Å². The molecule has 1 aliphatic carbocycles. The Balaban J connectivity index is 1.39. The van der Waals surface area contributed by atoms with E-state index in [-0.39, 0.29) is 17.7 Å². The van der Waals surface area contributed by atoms with Crippen LogP contribution in [0.5, 0.6) is 0 Å².